The van der Waals surface area contributed by atoms with Crippen molar-refractivity contribution in [3.8, 4) is 17.2 Å². The topological polar surface area (TPSA) is 129 Å². The number of carbonyl (C=O) groups is 2. The van der Waals surface area contributed by atoms with E-state index in [-0.39, 0.29) is 29.2 Å². The predicted molar refractivity (Wildman–Crippen MR) is 170 cm³/mol. The van der Waals surface area contributed by atoms with Crippen LogP contribution in [0.25, 0.3) is 10.9 Å². The van der Waals surface area contributed by atoms with Crippen LogP contribution in [0.4, 0.5) is 5.69 Å². The highest BCUT2D eigenvalue weighted by atomic mass is 16.5. The number of carbonyl (C=O) groups excluding carboxylic acids is 1. The Labute approximate surface area is 259 Å². The van der Waals surface area contributed by atoms with E-state index in [1.807, 2.05) is 32.0 Å². The van der Waals surface area contributed by atoms with Crippen LogP contribution in [0.3, 0.4) is 0 Å². The van der Waals surface area contributed by atoms with Gasteiger partial charge in [0.15, 0.2) is 5.82 Å². The zero-order valence-corrected chi connectivity index (χ0v) is 25.2. The van der Waals surface area contributed by atoms with Crippen LogP contribution < -0.4 is 25.1 Å². The largest absolute Gasteiger partial charge is 0.495 e. The van der Waals surface area contributed by atoms with Gasteiger partial charge in [0.05, 0.1) is 30.3 Å². The second kappa shape index (κ2) is 13.8. The van der Waals surface area contributed by atoms with Crippen molar-refractivity contribution in [1.29, 1.82) is 0 Å². The Hall–Kier alpha value is -5.64. The number of hydrogen-bond donors (Lipinski definition) is 2. The number of aryl methyl sites for hydroxylation is 2. The number of nitrogens with one attached hydrogen (secondary N) is 1. The van der Waals surface area contributed by atoms with Crippen molar-refractivity contribution in [2.24, 2.45) is 0 Å². The first kappa shape index (κ1) is 30.8. The number of hydrogen-bond acceptors (Lipinski definition) is 7. The van der Waals surface area contributed by atoms with E-state index in [0.29, 0.717) is 35.4 Å². The maximum Gasteiger partial charge on any atom is 0.339 e. The highest BCUT2D eigenvalue weighted by molar-refractivity contribution is 5.97. The molecule has 1 atom stereocenters. The molecule has 10 nitrogen and oxygen atoms in total. The summed E-state index contributed by atoms with van der Waals surface area (Å²) in [6.07, 6.45) is -1.11. The molecule has 0 spiro atoms. The number of ether oxygens (including phenoxy) is 3. The Morgan fingerprint density at radius 1 is 0.911 bits per heavy atom. The Morgan fingerprint density at radius 3 is 2.38 bits per heavy atom. The lowest BCUT2D eigenvalue weighted by Crippen LogP contribution is -2.35. The number of para-hydroxylation sites is 4. The van der Waals surface area contributed by atoms with E-state index in [9.17, 15) is 19.5 Å². The van der Waals surface area contributed by atoms with Gasteiger partial charge in [-0.1, -0.05) is 54.1 Å². The number of amides is 1. The Kier molecular flexibility index (Phi) is 9.43. The van der Waals surface area contributed by atoms with Crippen molar-refractivity contribution < 1.29 is 28.9 Å². The molecule has 0 aliphatic heterocycles. The number of carboxylic acids is 1. The maximum atomic E-state index is 14.0. The minimum Gasteiger partial charge on any atom is -0.495 e. The Bertz CT molecular complexity index is 1920. The molecule has 0 aliphatic carbocycles. The van der Waals surface area contributed by atoms with Crippen LogP contribution in [0.1, 0.15) is 39.8 Å². The quantitative estimate of drug-likeness (QED) is 0.167. The number of rotatable bonds is 12. The van der Waals surface area contributed by atoms with Crippen LogP contribution >= 0.6 is 0 Å². The number of aromatic carboxylic acids is 1. The van der Waals surface area contributed by atoms with Gasteiger partial charge in [-0.3, -0.25) is 14.2 Å². The van der Waals surface area contributed by atoms with Gasteiger partial charge in [0.2, 0.25) is 6.10 Å². The zero-order valence-electron chi connectivity index (χ0n) is 25.2. The summed E-state index contributed by atoms with van der Waals surface area (Å²) >= 11 is 0. The molecule has 0 saturated heterocycles. The van der Waals surface area contributed by atoms with Gasteiger partial charge in [0.1, 0.15) is 22.8 Å². The van der Waals surface area contributed by atoms with Gasteiger partial charge in [-0.05, 0) is 68.3 Å². The molecule has 0 fully saturated rings. The molecule has 45 heavy (non-hydrogen) atoms. The average molecular weight is 608 g/mol. The second-order valence-electron chi connectivity index (χ2n) is 10.4. The van der Waals surface area contributed by atoms with Gasteiger partial charge >= 0.3 is 5.97 Å². The molecule has 0 aliphatic rings. The van der Waals surface area contributed by atoms with Crippen molar-refractivity contribution in [3.63, 3.8) is 0 Å². The first-order valence-electron chi connectivity index (χ1n) is 14.4. The molecule has 2 N–H and O–H groups in total. The molecule has 5 rings (SSSR count). The van der Waals surface area contributed by atoms with Crippen molar-refractivity contribution in [3.05, 3.63) is 124 Å². The van der Waals surface area contributed by atoms with Crippen LogP contribution in [0.5, 0.6) is 17.2 Å². The van der Waals surface area contributed by atoms with E-state index in [2.05, 4.69) is 5.32 Å². The number of fused-ring (bicyclic) bond motifs is 1. The molecule has 10 heteroatoms. The summed E-state index contributed by atoms with van der Waals surface area (Å²) in [7, 11) is 1.48. The first-order chi connectivity index (χ1) is 21.8. The van der Waals surface area contributed by atoms with E-state index in [4.69, 9.17) is 19.2 Å². The Morgan fingerprint density at radius 2 is 1.62 bits per heavy atom. The van der Waals surface area contributed by atoms with E-state index < -0.39 is 18.0 Å². The molecule has 1 unspecified atom stereocenters. The molecule has 1 heterocycles. The highest BCUT2D eigenvalue weighted by Crippen LogP contribution is 2.29. The smallest absolute Gasteiger partial charge is 0.339 e. The van der Waals surface area contributed by atoms with Gasteiger partial charge in [-0.25, -0.2) is 9.78 Å². The molecule has 1 aromatic heterocycles. The van der Waals surface area contributed by atoms with E-state index in [0.717, 1.165) is 16.9 Å². The Balaban J connectivity index is 1.56. The number of methoxy groups -OCH3 is 1. The van der Waals surface area contributed by atoms with Crippen LogP contribution in [-0.2, 0) is 11.3 Å². The van der Waals surface area contributed by atoms with E-state index in [1.165, 1.54) is 23.8 Å². The zero-order chi connectivity index (χ0) is 31.9. The lowest BCUT2D eigenvalue weighted by Gasteiger charge is -2.23. The SMILES string of the molecule is COc1ccccc1NC(=O)C(Oc1ccccc1C(=O)O)c1nc2ccccc2c(=O)n1CCCOc1ccc(C)cc1C. The normalized spacial score (nSPS) is 11.5. The average Bonchev–Trinajstić information content (AvgIpc) is 3.04. The summed E-state index contributed by atoms with van der Waals surface area (Å²) in [5, 5.41) is 13.0. The molecule has 0 saturated carbocycles. The van der Waals surface area contributed by atoms with Crippen molar-refractivity contribution in [1.82, 2.24) is 9.55 Å². The standard InChI is InChI=1S/C35H33N3O7/c1-22-17-18-28(23(2)21-22)44-20-10-19-38-32(36-26-13-6-4-11-24(26)34(38)40)31(45-29-15-8-5-12-25(29)35(41)42)33(39)37-27-14-7-9-16-30(27)43-3/h4-9,11-18,21,31H,10,19-20H2,1-3H3,(H,37,39)(H,41,42). The van der Waals surface area contributed by atoms with Crippen molar-refractivity contribution >= 4 is 28.5 Å². The number of benzene rings is 4. The fourth-order valence-corrected chi connectivity index (χ4v) is 5.01. The summed E-state index contributed by atoms with van der Waals surface area (Å²) in [4.78, 5) is 44.7. The van der Waals surface area contributed by atoms with E-state index >= 15 is 0 Å². The second-order valence-corrected chi connectivity index (χ2v) is 10.4. The summed E-state index contributed by atoms with van der Waals surface area (Å²) < 4.78 is 19.0. The van der Waals surface area contributed by atoms with Crippen LogP contribution in [0.2, 0.25) is 0 Å². The maximum absolute atomic E-state index is 14.0. The minimum absolute atomic E-state index is 0.0119. The lowest BCUT2D eigenvalue weighted by molar-refractivity contribution is -0.123. The molecule has 230 valence electrons. The molecule has 0 bridgehead atoms. The third kappa shape index (κ3) is 6.96. The van der Waals surface area contributed by atoms with Crippen LogP contribution in [0, 0.1) is 13.8 Å². The summed E-state index contributed by atoms with van der Waals surface area (Å²) in [5.74, 6) is -0.811. The third-order valence-electron chi connectivity index (χ3n) is 7.20. The molecule has 4 aromatic carbocycles. The molecule has 0 radical (unpaired) electrons. The number of anilines is 1. The molecular weight excluding hydrogens is 574 g/mol. The number of aromatic nitrogens is 2. The highest BCUT2D eigenvalue weighted by Gasteiger charge is 2.31. The lowest BCUT2D eigenvalue weighted by atomic mass is 10.1. The fraction of sp³-hybridized carbons (Fsp3) is 0.200. The van der Waals surface area contributed by atoms with Crippen LogP contribution in [0.15, 0.2) is 95.8 Å². The van der Waals surface area contributed by atoms with E-state index in [1.54, 1.807) is 60.7 Å². The summed E-state index contributed by atoms with van der Waals surface area (Å²) in [5.41, 5.74) is 2.34. The van der Waals surface area contributed by atoms with Gasteiger partial charge < -0.3 is 24.6 Å². The van der Waals surface area contributed by atoms with Crippen molar-refractivity contribution in [2.75, 3.05) is 19.0 Å². The fourth-order valence-electron chi connectivity index (χ4n) is 5.01. The molecule has 5 aromatic rings. The van der Waals surface area contributed by atoms with Crippen molar-refractivity contribution in [2.45, 2.75) is 32.9 Å². The monoisotopic (exact) mass is 607 g/mol. The third-order valence-corrected chi connectivity index (χ3v) is 7.20. The first-order valence-corrected chi connectivity index (χ1v) is 14.4. The summed E-state index contributed by atoms with van der Waals surface area (Å²) in [6.45, 7) is 4.42. The van der Waals surface area contributed by atoms with Gasteiger partial charge in [0.25, 0.3) is 11.5 Å². The minimum atomic E-state index is -1.52. The van der Waals surface area contributed by atoms with Gasteiger partial charge in [-0.2, -0.15) is 0 Å². The molecular formula is C35H33N3O7. The van der Waals surface area contributed by atoms with Crippen LogP contribution in [-0.4, -0.2) is 40.3 Å². The molecule has 1 amide bonds. The number of carboxylic acid groups (broad SMARTS) is 1. The van der Waals surface area contributed by atoms with Gasteiger partial charge in [-0.15, -0.1) is 0 Å². The summed E-state index contributed by atoms with van der Waals surface area (Å²) in [6, 6.07) is 25.5. The predicted octanol–water partition coefficient (Wildman–Crippen LogP) is 5.95. The van der Waals surface area contributed by atoms with Gasteiger partial charge in [0, 0.05) is 6.54 Å². The number of nitrogens with zero attached hydrogens (tertiary/aromatic N) is 2.